The molecule has 0 aromatic carbocycles. The number of hydrogen-bond acceptors (Lipinski definition) is 8. The van der Waals surface area contributed by atoms with Crippen LogP contribution in [-0.2, 0) is 20.8 Å². The maximum Gasteiger partial charge on any atom is 0.410 e. The highest BCUT2D eigenvalue weighted by atomic mass is 16.6. The summed E-state index contributed by atoms with van der Waals surface area (Å²) in [4.78, 5) is 42.7. The van der Waals surface area contributed by atoms with Gasteiger partial charge in [0.25, 0.3) is 5.91 Å². The van der Waals surface area contributed by atoms with Crippen molar-refractivity contribution in [3.05, 3.63) is 48.0 Å². The molecule has 3 aromatic rings. The molecule has 4 heterocycles. The molecule has 0 radical (unpaired) electrons. The molecular formula is C27H35N7O5. The van der Waals surface area contributed by atoms with Crippen LogP contribution in [0.25, 0.3) is 16.6 Å². The normalized spacial score (nSPS) is 17.3. The standard InChI is InChI=1S/C27H35N7O5/c1-16-12-33(26(37)39-27(2,3)4)14-21(16)32-24-20(25(28)36)11-31-34-13-18(8-22(24)34)17-6-7-19(29-9-17)10-30-23(35)15-38-5/h6-9,11,13,16,21,32H,10,12,14-15H2,1-5H3,(H2,28,36)(H,30,35). The molecule has 12 heteroatoms. The number of methoxy groups -OCH3 is 1. The number of fused-ring (bicyclic) bond motifs is 1. The van der Waals surface area contributed by atoms with Gasteiger partial charge in [-0.15, -0.1) is 0 Å². The third-order valence-corrected chi connectivity index (χ3v) is 6.40. The van der Waals surface area contributed by atoms with Crippen molar-refractivity contribution < 1.29 is 23.9 Å². The van der Waals surface area contributed by atoms with Crippen LogP contribution in [0.3, 0.4) is 0 Å². The van der Waals surface area contributed by atoms with Crippen molar-refractivity contribution in [2.45, 2.75) is 45.9 Å². The number of amides is 3. The van der Waals surface area contributed by atoms with E-state index in [-0.39, 0.29) is 42.7 Å². The average Bonchev–Trinajstić information content (AvgIpc) is 3.46. The van der Waals surface area contributed by atoms with Crippen molar-refractivity contribution in [3.8, 4) is 11.1 Å². The van der Waals surface area contributed by atoms with Crippen LogP contribution in [0.15, 0.2) is 36.8 Å². The number of rotatable bonds is 8. The zero-order valence-corrected chi connectivity index (χ0v) is 22.9. The molecule has 3 aromatic heterocycles. The first-order valence-corrected chi connectivity index (χ1v) is 12.7. The average molecular weight is 538 g/mol. The van der Waals surface area contributed by atoms with E-state index < -0.39 is 11.5 Å². The van der Waals surface area contributed by atoms with Crippen molar-refractivity contribution in [2.75, 3.05) is 32.1 Å². The second kappa shape index (κ2) is 11.3. The fourth-order valence-corrected chi connectivity index (χ4v) is 4.44. The molecule has 3 amide bonds. The highest BCUT2D eigenvalue weighted by Gasteiger charge is 2.35. The summed E-state index contributed by atoms with van der Waals surface area (Å²) in [5, 5.41) is 10.6. The molecule has 0 spiro atoms. The zero-order valence-electron chi connectivity index (χ0n) is 22.9. The third kappa shape index (κ3) is 6.63. The fraction of sp³-hybridized carbons (Fsp3) is 0.444. The van der Waals surface area contributed by atoms with E-state index in [9.17, 15) is 14.4 Å². The lowest BCUT2D eigenvalue weighted by molar-refractivity contribution is -0.124. The van der Waals surface area contributed by atoms with Crippen LogP contribution in [-0.4, -0.2) is 75.9 Å². The first kappa shape index (κ1) is 27.8. The van der Waals surface area contributed by atoms with Gasteiger partial charge in [0.15, 0.2) is 0 Å². The lowest BCUT2D eigenvalue weighted by Gasteiger charge is -2.24. The number of hydrogen-bond donors (Lipinski definition) is 3. The summed E-state index contributed by atoms with van der Waals surface area (Å²) in [6.45, 7) is 8.77. The molecule has 4 N–H and O–H groups in total. The number of pyridine rings is 1. The third-order valence-electron chi connectivity index (χ3n) is 6.40. The second-order valence-electron chi connectivity index (χ2n) is 10.7. The van der Waals surface area contributed by atoms with Gasteiger partial charge >= 0.3 is 6.09 Å². The summed E-state index contributed by atoms with van der Waals surface area (Å²) < 4.78 is 12.0. The van der Waals surface area contributed by atoms with Gasteiger partial charge in [0.05, 0.1) is 35.2 Å². The highest BCUT2D eigenvalue weighted by Crippen LogP contribution is 2.31. The van der Waals surface area contributed by atoms with Gasteiger partial charge in [0.1, 0.15) is 12.2 Å². The Kier molecular flexibility index (Phi) is 8.05. The smallest absolute Gasteiger partial charge is 0.410 e. The number of nitrogens with two attached hydrogens (primary N) is 1. The van der Waals surface area contributed by atoms with Crippen LogP contribution < -0.4 is 16.4 Å². The zero-order chi connectivity index (χ0) is 28.3. The van der Waals surface area contributed by atoms with Crippen molar-refractivity contribution in [3.63, 3.8) is 0 Å². The monoisotopic (exact) mass is 537 g/mol. The number of carbonyl (C=O) groups excluding carboxylic acids is 3. The Morgan fingerprint density at radius 1 is 1.15 bits per heavy atom. The summed E-state index contributed by atoms with van der Waals surface area (Å²) in [5.41, 5.74) is 8.97. The number of carbonyl (C=O) groups is 3. The van der Waals surface area contributed by atoms with Crippen molar-refractivity contribution in [1.29, 1.82) is 0 Å². The van der Waals surface area contributed by atoms with Crippen molar-refractivity contribution in [1.82, 2.24) is 24.8 Å². The Hall–Kier alpha value is -4.19. The number of nitrogens with one attached hydrogen (secondary N) is 2. The predicted octanol–water partition coefficient (Wildman–Crippen LogP) is 2.43. The molecule has 1 aliphatic heterocycles. The molecule has 1 fully saturated rings. The molecule has 4 rings (SSSR count). The van der Waals surface area contributed by atoms with Crippen molar-refractivity contribution >= 4 is 29.1 Å². The minimum Gasteiger partial charge on any atom is -0.444 e. The Balaban J connectivity index is 1.57. The van der Waals surface area contributed by atoms with Gasteiger partial charge in [-0.05, 0) is 38.8 Å². The molecule has 0 bridgehead atoms. The van der Waals surface area contributed by atoms with Gasteiger partial charge in [-0.2, -0.15) is 5.10 Å². The minimum absolute atomic E-state index is 0.00919. The topological polar surface area (TPSA) is 153 Å². The molecule has 0 saturated carbocycles. The first-order chi connectivity index (χ1) is 18.4. The summed E-state index contributed by atoms with van der Waals surface area (Å²) in [6.07, 6.45) is 4.63. The summed E-state index contributed by atoms with van der Waals surface area (Å²) in [5.74, 6) is -0.724. The fourth-order valence-electron chi connectivity index (χ4n) is 4.44. The molecule has 39 heavy (non-hydrogen) atoms. The van der Waals surface area contributed by atoms with E-state index in [1.807, 2.05) is 52.1 Å². The molecule has 12 nitrogen and oxygen atoms in total. The number of likely N-dealkylation sites (tertiary alicyclic amines) is 1. The Morgan fingerprint density at radius 2 is 1.92 bits per heavy atom. The number of ether oxygens (including phenoxy) is 2. The number of anilines is 1. The maximum atomic E-state index is 12.6. The van der Waals surface area contributed by atoms with Crippen molar-refractivity contribution in [2.24, 2.45) is 11.7 Å². The molecule has 0 aliphatic carbocycles. The molecule has 2 atom stereocenters. The van der Waals surface area contributed by atoms with E-state index >= 15 is 0 Å². The molecule has 2 unspecified atom stereocenters. The Bertz CT molecular complexity index is 1360. The summed E-state index contributed by atoms with van der Waals surface area (Å²) >= 11 is 0. The van der Waals surface area contributed by atoms with E-state index in [2.05, 4.69) is 20.7 Å². The number of nitrogens with zero attached hydrogens (tertiary/aromatic N) is 4. The van der Waals surface area contributed by atoms with Crippen LogP contribution in [0, 0.1) is 5.92 Å². The molecule has 208 valence electrons. The van der Waals surface area contributed by atoms with Crippen LogP contribution in [0.4, 0.5) is 10.5 Å². The van der Waals surface area contributed by atoms with Crippen LogP contribution in [0.1, 0.15) is 43.7 Å². The second-order valence-corrected chi connectivity index (χ2v) is 10.7. The minimum atomic E-state index is -0.605. The quantitative estimate of drug-likeness (QED) is 0.396. The van der Waals surface area contributed by atoms with Crippen LogP contribution in [0.2, 0.25) is 0 Å². The van der Waals surface area contributed by atoms with E-state index in [1.165, 1.54) is 13.3 Å². The number of aromatic nitrogens is 3. The molecular weight excluding hydrogens is 502 g/mol. The Labute approximate surface area is 226 Å². The van der Waals surface area contributed by atoms with E-state index in [1.54, 1.807) is 15.6 Å². The van der Waals surface area contributed by atoms with Crippen LogP contribution >= 0.6 is 0 Å². The van der Waals surface area contributed by atoms with E-state index in [0.29, 0.717) is 30.0 Å². The summed E-state index contributed by atoms with van der Waals surface area (Å²) in [7, 11) is 1.46. The lowest BCUT2D eigenvalue weighted by Crippen LogP contribution is -2.36. The largest absolute Gasteiger partial charge is 0.444 e. The van der Waals surface area contributed by atoms with E-state index in [4.69, 9.17) is 15.2 Å². The van der Waals surface area contributed by atoms with Gasteiger partial charge in [0, 0.05) is 49.8 Å². The van der Waals surface area contributed by atoms with Gasteiger partial charge in [0.2, 0.25) is 5.91 Å². The Morgan fingerprint density at radius 3 is 2.56 bits per heavy atom. The van der Waals surface area contributed by atoms with Crippen LogP contribution in [0.5, 0.6) is 0 Å². The molecule has 1 aliphatic rings. The SMILES string of the molecule is COCC(=O)NCc1ccc(-c2cc3c(NC4CN(C(=O)OC(C)(C)C)CC4C)c(C(N)=O)cnn3c2)cn1. The van der Waals surface area contributed by atoms with Gasteiger partial charge in [-0.3, -0.25) is 14.6 Å². The van der Waals surface area contributed by atoms with Gasteiger partial charge in [-0.25, -0.2) is 9.31 Å². The van der Waals surface area contributed by atoms with E-state index in [0.717, 1.165) is 11.1 Å². The molecule has 1 saturated heterocycles. The first-order valence-electron chi connectivity index (χ1n) is 12.7. The number of primary amides is 1. The lowest BCUT2D eigenvalue weighted by atomic mass is 10.1. The summed E-state index contributed by atoms with van der Waals surface area (Å²) in [6, 6.07) is 5.51. The predicted molar refractivity (Wildman–Crippen MR) is 145 cm³/mol. The highest BCUT2D eigenvalue weighted by molar-refractivity contribution is 6.02. The van der Waals surface area contributed by atoms with Gasteiger partial charge in [-0.1, -0.05) is 13.0 Å². The van der Waals surface area contributed by atoms with Gasteiger partial charge < -0.3 is 30.7 Å². The maximum absolute atomic E-state index is 12.6.